The molecule has 6 nitrogen and oxygen atoms in total. The van der Waals surface area contributed by atoms with Gasteiger partial charge in [0, 0.05) is 6.61 Å². The molecule has 0 spiro atoms. The Labute approximate surface area is 175 Å². The fourth-order valence-corrected chi connectivity index (χ4v) is 6.41. The molecule has 2 rings (SSSR count). The third kappa shape index (κ3) is 5.52. The molecule has 0 aromatic carbocycles. The van der Waals surface area contributed by atoms with Crippen molar-refractivity contribution >= 4 is 11.9 Å². The van der Waals surface area contributed by atoms with Crippen molar-refractivity contribution in [3.8, 4) is 0 Å². The minimum atomic E-state index is -1.17. The van der Waals surface area contributed by atoms with Crippen molar-refractivity contribution in [2.45, 2.75) is 91.1 Å². The van der Waals surface area contributed by atoms with Gasteiger partial charge in [0.15, 0.2) is 0 Å². The topological polar surface area (TPSA) is 104 Å². The van der Waals surface area contributed by atoms with Crippen molar-refractivity contribution in [2.75, 3.05) is 13.2 Å². The zero-order chi connectivity index (χ0) is 21.9. The molecule has 168 valence electrons. The first-order chi connectivity index (χ1) is 13.4. The van der Waals surface area contributed by atoms with Gasteiger partial charge >= 0.3 is 11.9 Å². The molecule has 29 heavy (non-hydrogen) atoms. The lowest BCUT2D eigenvalue weighted by molar-refractivity contribution is -0.180. The summed E-state index contributed by atoms with van der Waals surface area (Å²) in [5.74, 6) is -0.947. The largest absolute Gasteiger partial charge is 0.481 e. The second kappa shape index (κ2) is 9.34. The number of carboxylic acid groups (broad SMARTS) is 1. The highest BCUT2D eigenvalue weighted by Gasteiger charge is 2.58. The Morgan fingerprint density at radius 3 is 2.45 bits per heavy atom. The van der Waals surface area contributed by atoms with Gasteiger partial charge in [0.1, 0.15) is 6.42 Å². The maximum atomic E-state index is 11.4. The predicted octanol–water partition coefficient (Wildman–Crippen LogP) is 3.78. The summed E-state index contributed by atoms with van der Waals surface area (Å²) in [5, 5.41) is 29.9. The van der Waals surface area contributed by atoms with E-state index >= 15 is 0 Å². The lowest BCUT2D eigenvalue weighted by Gasteiger charge is -2.61. The molecule has 0 saturated heterocycles. The van der Waals surface area contributed by atoms with E-state index in [1.165, 1.54) is 0 Å². The van der Waals surface area contributed by atoms with E-state index in [1.54, 1.807) is 0 Å². The molecule has 2 aliphatic rings. The van der Waals surface area contributed by atoms with Gasteiger partial charge in [-0.3, -0.25) is 9.59 Å². The Kier molecular flexibility index (Phi) is 7.77. The van der Waals surface area contributed by atoms with Crippen LogP contribution in [0.15, 0.2) is 0 Å². The van der Waals surface area contributed by atoms with Crippen molar-refractivity contribution < 1.29 is 29.6 Å². The Balaban J connectivity index is 1.96. The maximum absolute atomic E-state index is 11.4. The molecule has 6 atom stereocenters. The number of hydrogen-bond acceptors (Lipinski definition) is 5. The smallest absolute Gasteiger partial charge is 0.317 e. The summed E-state index contributed by atoms with van der Waals surface area (Å²) in [5.41, 5.74) is -0.747. The number of aliphatic hydroxyl groups excluding tert-OH is 1. The summed E-state index contributed by atoms with van der Waals surface area (Å²) in [4.78, 5) is 21.9. The second-order valence-electron chi connectivity index (χ2n) is 10.4. The van der Waals surface area contributed by atoms with Crippen LogP contribution in [0.5, 0.6) is 0 Å². The molecule has 0 bridgehead atoms. The molecule has 0 amide bonds. The normalized spacial score (nSPS) is 38.1. The molecule has 0 heterocycles. The van der Waals surface area contributed by atoms with E-state index in [0.29, 0.717) is 18.3 Å². The van der Waals surface area contributed by atoms with Gasteiger partial charge in [-0.2, -0.15) is 0 Å². The highest BCUT2D eigenvalue weighted by atomic mass is 16.5. The minimum Gasteiger partial charge on any atom is -0.481 e. The van der Waals surface area contributed by atoms with Crippen LogP contribution in [0.1, 0.15) is 85.5 Å². The van der Waals surface area contributed by atoms with Crippen LogP contribution < -0.4 is 0 Å². The summed E-state index contributed by atoms with van der Waals surface area (Å²) in [6, 6.07) is 0. The van der Waals surface area contributed by atoms with Crippen LogP contribution in [0.4, 0.5) is 0 Å². The third-order valence-electron chi connectivity index (χ3n) is 8.07. The summed E-state index contributed by atoms with van der Waals surface area (Å²) >= 11 is 0. The van der Waals surface area contributed by atoms with Gasteiger partial charge < -0.3 is 20.1 Å². The highest BCUT2D eigenvalue weighted by Crippen LogP contribution is 2.63. The van der Waals surface area contributed by atoms with Crippen LogP contribution in [0, 0.1) is 28.6 Å². The SMILES string of the molecule is CC(CCOC(=O)CC(=O)O)CCC1C(C)(O)CCC2C(C)(CO)CCCC12C. The second-order valence-corrected chi connectivity index (χ2v) is 10.4. The van der Waals surface area contributed by atoms with Crippen molar-refractivity contribution in [1.82, 2.24) is 0 Å². The van der Waals surface area contributed by atoms with Gasteiger partial charge in [0.2, 0.25) is 0 Å². The van der Waals surface area contributed by atoms with Crippen molar-refractivity contribution in [2.24, 2.45) is 28.6 Å². The molecule has 6 heteroatoms. The van der Waals surface area contributed by atoms with Crippen LogP contribution in [0.25, 0.3) is 0 Å². The predicted molar refractivity (Wildman–Crippen MR) is 110 cm³/mol. The zero-order valence-corrected chi connectivity index (χ0v) is 18.6. The number of carboxylic acids is 1. The first-order valence-electron chi connectivity index (χ1n) is 11.2. The lowest BCUT2D eigenvalue weighted by Crippen LogP contribution is -2.58. The van der Waals surface area contributed by atoms with Gasteiger partial charge in [-0.25, -0.2) is 0 Å². The van der Waals surface area contributed by atoms with Crippen LogP contribution in [-0.4, -0.2) is 46.1 Å². The van der Waals surface area contributed by atoms with Gasteiger partial charge in [-0.05, 0) is 74.0 Å². The summed E-state index contributed by atoms with van der Waals surface area (Å²) in [6.07, 6.45) is 6.90. The Morgan fingerprint density at radius 1 is 1.14 bits per heavy atom. The molecule has 3 N–H and O–H groups in total. The van der Waals surface area contributed by atoms with Crippen molar-refractivity contribution in [3.63, 3.8) is 0 Å². The van der Waals surface area contributed by atoms with E-state index in [0.717, 1.165) is 44.9 Å². The number of esters is 1. The summed E-state index contributed by atoms with van der Waals surface area (Å²) in [7, 11) is 0. The lowest BCUT2D eigenvalue weighted by atomic mass is 9.45. The van der Waals surface area contributed by atoms with Gasteiger partial charge in [0.05, 0.1) is 12.2 Å². The number of ether oxygens (including phenoxy) is 1. The number of aliphatic hydroxyl groups is 2. The van der Waals surface area contributed by atoms with Crippen LogP contribution in [0.2, 0.25) is 0 Å². The summed E-state index contributed by atoms with van der Waals surface area (Å²) in [6.45, 7) is 9.06. The molecule has 6 unspecified atom stereocenters. The molecular weight excluding hydrogens is 372 g/mol. The average Bonchev–Trinajstić information content (AvgIpc) is 2.59. The zero-order valence-electron chi connectivity index (χ0n) is 18.6. The van der Waals surface area contributed by atoms with Gasteiger partial charge in [-0.15, -0.1) is 0 Å². The van der Waals surface area contributed by atoms with Crippen molar-refractivity contribution in [1.29, 1.82) is 0 Å². The van der Waals surface area contributed by atoms with Crippen LogP contribution in [-0.2, 0) is 14.3 Å². The number of hydrogen-bond donors (Lipinski definition) is 3. The fraction of sp³-hybridized carbons (Fsp3) is 0.913. The quantitative estimate of drug-likeness (QED) is 0.393. The van der Waals surface area contributed by atoms with Gasteiger partial charge in [-0.1, -0.05) is 33.6 Å². The average molecular weight is 413 g/mol. The molecule has 0 aromatic rings. The molecule has 2 fully saturated rings. The van der Waals surface area contributed by atoms with E-state index in [-0.39, 0.29) is 30.0 Å². The van der Waals surface area contributed by atoms with Crippen molar-refractivity contribution in [3.05, 3.63) is 0 Å². The van der Waals surface area contributed by atoms with E-state index in [4.69, 9.17) is 9.84 Å². The molecule has 2 saturated carbocycles. The Bertz CT molecular complexity index is 588. The molecule has 0 aliphatic heterocycles. The standard InChI is InChI=1S/C23H40O6/c1-16(9-13-29-20(27)14-19(25)26)6-7-18-22(3)11-5-10-21(2,15-24)17(22)8-12-23(18,4)28/h16-18,24,28H,5-15H2,1-4H3,(H,25,26). The van der Waals surface area contributed by atoms with E-state index in [9.17, 15) is 19.8 Å². The van der Waals surface area contributed by atoms with Gasteiger partial charge in [0.25, 0.3) is 0 Å². The highest BCUT2D eigenvalue weighted by molar-refractivity contribution is 5.90. The molecular formula is C23H40O6. The number of carbonyl (C=O) groups is 2. The molecule has 2 aliphatic carbocycles. The van der Waals surface area contributed by atoms with E-state index in [2.05, 4.69) is 20.8 Å². The first-order valence-corrected chi connectivity index (χ1v) is 11.2. The van der Waals surface area contributed by atoms with Crippen LogP contribution in [0.3, 0.4) is 0 Å². The number of carbonyl (C=O) groups excluding carboxylic acids is 1. The molecule has 0 aromatic heterocycles. The van der Waals surface area contributed by atoms with E-state index < -0.39 is 24.0 Å². The Hall–Kier alpha value is -1.14. The summed E-state index contributed by atoms with van der Waals surface area (Å²) < 4.78 is 5.01. The fourth-order valence-electron chi connectivity index (χ4n) is 6.41. The minimum absolute atomic E-state index is 0.0190. The monoisotopic (exact) mass is 412 g/mol. The third-order valence-corrected chi connectivity index (χ3v) is 8.07. The Morgan fingerprint density at radius 2 is 1.83 bits per heavy atom. The maximum Gasteiger partial charge on any atom is 0.317 e. The number of fused-ring (bicyclic) bond motifs is 1. The molecule has 0 radical (unpaired) electrons. The number of aliphatic carboxylic acids is 1. The first kappa shape index (κ1) is 24.1. The van der Waals surface area contributed by atoms with E-state index in [1.807, 2.05) is 6.92 Å². The van der Waals surface area contributed by atoms with Crippen LogP contribution >= 0.6 is 0 Å². The number of rotatable bonds is 9.